The van der Waals surface area contributed by atoms with Crippen molar-refractivity contribution < 1.29 is 14.2 Å². The molecular formula is C9H14O3. The lowest BCUT2D eigenvalue weighted by atomic mass is 9.88. The summed E-state index contributed by atoms with van der Waals surface area (Å²) in [5.74, 6) is 0. The first kappa shape index (κ1) is 9.13. The van der Waals surface area contributed by atoms with Gasteiger partial charge < -0.3 is 14.2 Å². The number of ether oxygens (including phenoxy) is 3. The third-order valence-corrected chi connectivity index (χ3v) is 1.83. The molecule has 0 aliphatic carbocycles. The lowest BCUT2D eigenvalue weighted by Gasteiger charge is -2.39. The smallest absolute Gasteiger partial charge is 0.101 e. The zero-order valence-electron chi connectivity index (χ0n) is 7.12. The molecule has 3 heteroatoms. The lowest BCUT2D eigenvalue weighted by Crippen LogP contribution is -2.49. The maximum Gasteiger partial charge on any atom is 0.101 e. The molecule has 1 aliphatic rings. The minimum absolute atomic E-state index is 0.0162. The summed E-state index contributed by atoms with van der Waals surface area (Å²) >= 11 is 0. The van der Waals surface area contributed by atoms with E-state index in [-0.39, 0.29) is 5.41 Å². The van der Waals surface area contributed by atoms with E-state index in [2.05, 4.69) is 13.2 Å². The second-order valence-corrected chi connectivity index (χ2v) is 2.95. The van der Waals surface area contributed by atoms with Gasteiger partial charge in [0, 0.05) is 0 Å². The van der Waals surface area contributed by atoms with E-state index in [9.17, 15) is 0 Å². The van der Waals surface area contributed by atoms with Crippen LogP contribution in [-0.4, -0.2) is 26.4 Å². The van der Waals surface area contributed by atoms with Crippen LogP contribution in [0.4, 0.5) is 0 Å². The van der Waals surface area contributed by atoms with Crippen LogP contribution in [0.1, 0.15) is 0 Å². The largest absolute Gasteiger partial charge is 0.501 e. The van der Waals surface area contributed by atoms with Crippen molar-refractivity contribution in [2.75, 3.05) is 26.4 Å². The molecule has 12 heavy (non-hydrogen) atoms. The summed E-state index contributed by atoms with van der Waals surface area (Å²) in [5.41, 5.74) is 0.0162. The highest BCUT2D eigenvalue weighted by Gasteiger charge is 2.40. The van der Waals surface area contributed by atoms with E-state index in [4.69, 9.17) is 14.2 Å². The Balaban J connectivity index is 2.28. The summed E-state index contributed by atoms with van der Waals surface area (Å²) in [6.45, 7) is 9.54. The van der Waals surface area contributed by atoms with Crippen LogP contribution in [0.25, 0.3) is 0 Å². The summed E-state index contributed by atoms with van der Waals surface area (Å²) in [7, 11) is 0. The normalized spacial score (nSPS) is 19.0. The van der Waals surface area contributed by atoms with Gasteiger partial charge in [-0.25, -0.2) is 0 Å². The van der Waals surface area contributed by atoms with E-state index in [1.165, 1.54) is 12.5 Å². The van der Waals surface area contributed by atoms with Crippen LogP contribution in [0.3, 0.4) is 0 Å². The molecule has 3 nitrogen and oxygen atoms in total. The molecule has 0 radical (unpaired) electrons. The summed E-state index contributed by atoms with van der Waals surface area (Å²) in [6, 6.07) is 0. The molecule has 1 fully saturated rings. The second-order valence-electron chi connectivity index (χ2n) is 2.95. The first-order valence-electron chi connectivity index (χ1n) is 3.86. The molecule has 68 valence electrons. The highest BCUT2D eigenvalue weighted by atomic mass is 16.5. The average Bonchev–Trinajstić information content (AvgIpc) is 2.02. The highest BCUT2D eigenvalue weighted by Crippen LogP contribution is 2.28. The molecule has 0 aromatic rings. The van der Waals surface area contributed by atoms with Crippen LogP contribution >= 0.6 is 0 Å². The quantitative estimate of drug-likeness (QED) is 0.563. The molecule has 0 atom stereocenters. The van der Waals surface area contributed by atoms with Crippen molar-refractivity contribution in [3.8, 4) is 0 Å². The minimum Gasteiger partial charge on any atom is -0.501 e. The first-order chi connectivity index (χ1) is 5.83. The van der Waals surface area contributed by atoms with Crippen LogP contribution in [0.2, 0.25) is 0 Å². The molecular weight excluding hydrogens is 156 g/mol. The predicted molar refractivity (Wildman–Crippen MR) is 45.6 cm³/mol. The highest BCUT2D eigenvalue weighted by molar-refractivity contribution is 4.86. The van der Waals surface area contributed by atoms with Crippen molar-refractivity contribution >= 4 is 0 Å². The molecule has 1 heterocycles. The van der Waals surface area contributed by atoms with Crippen LogP contribution in [0, 0.1) is 5.41 Å². The Hall–Kier alpha value is -0.960. The number of hydrogen-bond donors (Lipinski definition) is 0. The Labute approximate surface area is 72.6 Å². The average molecular weight is 170 g/mol. The molecule has 0 saturated carbocycles. The lowest BCUT2D eigenvalue weighted by molar-refractivity contribution is -0.160. The van der Waals surface area contributed by atoms with Crippen molar-refractivity contribution in [2.24, 2.45) is 5.41 Å². The third-order valence-electron chi connectivity index (χ3n) is 1.83. The summed E-state index contributed by atoms with van der Waals surface area (Å²) < 4.78 is 15.3. The maximum atomic E-state index is 5.11. The fraction of sp³-hybridized carbons (Fsp3) is 0.556. The van der Waals surface area contributed by atoms with E-state index in [1.54, 1.807) is 0 Å². The topological polar surface area (TPSA) is 27.7 Å². The SMILES string of the molecule is C=COCC1(COC=C)COC1. The zero-order valence-corrected chi connectivity index (χ0v) is 7.12. The van der Waals surface area contributed by atoms with Gasteiger partial charge in [-0.05, 0) is 0 Å². The minimum atomic E-state index is 0.0162. The zero-order chi connectivity index (χ0) is 8.86. The maximum absolute atomic E-state index is 5.11. The van der Waals surface area contributed by atoms with Crippen molar-refractivity contribution in [1.29, 1.82) is 0 Å². The van der Waals surface area contributed by atoms with Gasteiger partial charge in [-0.1, -0.05) is 13.2 Å². The van der Waals surface area contributed by atoms with Gasteiger partial charge in [0.2, 0.25) is 0 Å². The van der Waals surface area contributed by atoms with Gasteiger partial charge in [0.1, 0.15) is 13.2 Å². The van der Waals surface area contributed by atoms with Crippen molar-refractivity contribution in [1.82, 2.24) is 0 Å². The molecule has 0 amide bonds. The van der Waals surface area contributed by atoms with E-state index in [0.29, 0.717) is 26.4 Å². The predicted octanol–water partition coefficient (Wildman–Crippen LogP) is 1.32. The fourth-order valence-corrected chi connectivity index (χ4v) is 1.07. The van der Waals surface area contributed by atoms with Gasteiger partial charge in [-0.2, -0.15) is 0 Å². The Morgan fingerprint density at radius 1 is 1.17 bits per heavy atom. The standard InChI is InChI=1S/C9H14O3/c1-3-10-5-9(6-11-4-2)7-12-8-9/h3-4H,1-2,5-8H2. The van der Waals surface area contributed by atoms with Gasteiger partial charge >= 0.3 is 0 Å². The molecule has 0 aromatic heterocycles. The molecule has 0 N–H and O–H groups in total. The Morgan fingerprint density at radius 3 is 1.92 bits per heavy atom. The fourth-order valence-electron chi connectivity index (χ4n) is 1.07. The Bertz CT molecular complexity index is 147. The van der Waals surface area contributed by atoms with Gasteiger partial charge in [-0.3, -0.25) is 0 Å². The number of hydrogen-bond acceptors (Lipinski definition) is 3. The third kappa shape index (κ3) is 2.01. The van der Waals surface area contributed by atoms with Crippen LogP contribution in [-0.2, 0) is 14.2 Å². The van der Waals surface area contributed by atoms with Gasteiger partial charge in [-0.15, -0.1) is 0 Å². The molecule has 0 unspecified atom stereocenters. The van der Waals surface area contributed by atoms with E-state index in [1.807, 2.05) is 0 Å². The van der Waals surface area contributed by atoms with E-state index >= 15 is 0 Å². The summed E-state index contributed by atoms with van der Waals surface area (Å²) in [4.78, 5) is 0. The van der Waals surface area contributed by atoms with Crippen molar-refractivity contribution in [2.45, 2.75) is 0 Å². The molecule has 0 aromatic carbocycles. The van der Waals surface area contributed by atoms with Crippen LogP contribution in [0.15, 0.2) is 25.7 Å². The van der Waals surface area contributed by atoms with Gasteiger partial charge in [0.15, 0.2) is 0 Å². The Morgan fingerprint density at radius 2 is 1.67 bits per heavy atom. The molecule has 1 aliphatic heterocycles. The number of rotatable bonds is 6. The van der Waals surface area contributed by atoms with Crippen LogP contribution < -0.4 is 0 Å². The second kappa shape index (κ2) is 4.16. The van der Waals surface area contributed by atoms with Crippen LogP contribution in [0.5, 0.6) is 0 Å². The summed E-state index contributed by atoms with van der Waals surface area (Å²) in [6.07, 6.45) is 2.88. The van der Waals surface area contributed by atoms with Crippen molar-refractivity contribution in [3.63, 3.8) is 0 Å². The first-order valence-corrected chi connectivity index (χ1v) is 3.86. The van der Waals surface area contributed by atoms with Crippen molar-refractivity contribution in [3.05, 3.63) is 25.7 Å². The molecule has 0 bridgehead atoms. The van der Waals surface area contributed by atoms with E-state index in [0.717, 1.165) is 0 Å². The molecule has 0 spiro atoms. The molecule has 1 saturated heterocycles. The van der Waals surface area contributed by atoms with Gasteiger partial charge in [0.25, 0.3) is 0 Å². The van der Waals surface area contributed by atoms with Gasteiger partial charge in [0.05, 0.1) is 31.2 Å². The van der Waals surface area contributed by atoms with E-state index < -0.39 is 0 Å². The Kier molecular flexibility index (Phi) is 3.17. The summed E-state index contributed by atoms with van der Waals surface area (Å²) in [5, 5.41) is 0. The monoisotopic (exact) mass is 170 g/mol. The molecule has 1 rings (SSSR count).